The van der Waals surface area contributed by atoms with Gasteiger partial charge in [-0.25, -0.2) is 9.97 Å². The van der Waals surface area contributed by atoms with Crippen LogP contribution < -0.4 is 0 Å². The van der Waals surface area contributed by atoms with Gasteiger partial charge in [-0.2, -0.15) is 0 Å². The van der Waals surface area contributed by atoms with Crippen LogP contribution in [0.15, 0.2) is 12.4 Å². The van der Waals surface area contributed by atoms with Gasteiger partial charge in [0.25, 0.3) is 0 Å². The minimum Gasteiger partial charge on any atom is -0.306 e. The van der Waals surface area contributed by atoms with Crippen molar-refractivity contribution in [2.75, 3.05) is 33.2 Å². The average molecular weight is 253 g/mol. The topological polar surface area (TPSA) is 32.3 Å². The maximum atomic E-state index is 5.68. The maximum absolute atomic E-state index is 5.68. The second kappa shape index (κ2) is 4.52. The van der Waals surface area contributed by atoms with Gasteiger partial charge in [-0.05, 0) is 30.5 Å². The number of rotatable bonds is 2. The molecule has 17 heavy (non-hydrogen) atoms. The fourth-order valence-electron chi connectivity index (χ4n) is 3.13. The summed E-state index contributed by atoms with van der Waals surface area (Å²) in [6.45, 7) is 5.86. The molecule has 0 saturated carbocycles. The van der Waals surface area contributed by atoms with Gasteiger partial charge >= 0.3 is 0 Å². The quantitative estimate of drug-likeness (QED) is 0.739. The van der Waals surface area contributed by atoms with Crippen molar-refractivity contribution in [1.29, 1.82) is 0 Å². The zero-order valence-corrected chi connectivity index (χ0v) is 10.8. The first-order chi connectivity index (χ1) is 8.20. The SMILES string of the molecule is CN1C[C@@H]2CN(Cc3cnc(Cl)nc3)C[C@@H]2C1. The first-order valence-electron chi connectivity index (χ1n) is 6.08. The molecule has 0 spiro atoms. The van der Waals surface area contributed by atoms with Gasteiger partial charge in [0.2, 0.25) is 5.28 Å². The number of halogens is 1. The number of nitrogens with zero attached hydrogens (tertiary/aromatic N) is 4. The molecule has 0 unspecified atom stereocenters. The molecule has 2 atom stereocenters. The molecule has 1 aromatic heterocycles. The zero-order chi connectivity index (χ0) is 11.8. The largest absolute Gasteiger partial charge is 0.306 e. The average Bonchev–Trinajstić information content (AvgIpc) is 2.78. The number of fused-ring (bicyclic) bond motifs is 1. The van der Waals surface area contributed by atoms with Crippen molar-refractivity contribution < 1.29 is 0 Å². The molecule has 2 aliphatic heterocycles. The molecule has 0 aromatic carbocycles. The van der Waals surface area contributed by atoms with Crippen LogP contribution in [0, 0.1) is 11.8 Å². The Morgan fingerprint density at radius 3 is 2.35 bits per heavy atom. The van der Waals surface area contributed by atoms with E-state index in [4.69, 9.17) is 11.6 Å². The predicted molar refractivity (Wildman–Crippen MR) is 66.8 cm³/mol. The first-order valence-corrected chi connectivity index (χ1v) is 6.46. The number of hydrogen-bond donors (Lipinski definition) is 0. The molecule has 92 valence electrons. The number of likely N-dealkylation sites (tertiary alicyclic amines) is 2. The van der Waals surface area contributed by atoms with Crippen LogP contribution in [0.4, 0.5) is 0 Å². The third-order valence-corrected chi connectivity index (χ3v) is 4.02. The van der Waals surface area contributed by atoms with Gasteiger partial charge in [-0.15, -0.1) is 0 Å². The van der Waals surface area contributed by atoms with Crippen LogP contribution in [-0.2, 0) is 6.54 Å². The third-order valence-electron chi connectivity index (χ3n) is 3.82. The molecule has 3 heterocycles. The van der Waals surface area contributed by atoms with Crippen LogP contribution in [-0.4, -0.2) is 53.0 Å². The molecule has 2 fully saturated rings. The Morgan fingerprint density at radius 1 is 1.18 bits per heavy atom. The summed E-state index contributed by atoms with van der Waals surface area (Å²) in [4.78, 5) is 13.0. The molecule has 1 aromatic rings. The summed E-state index contributed by atoms with van der Waals surface area (Å²) < 4.78 is 0. The van der Waals surface area contributed by atoms with E-state index in [1.54, 1.807) is 0 Å². The second-order valence-electron chi connectivity index (χ2n) is 5.30. The summed E-state index contributed by atoms with van der Waals surface area (Å²) in [6, 6.07) is 0. The lowest BCUT2D eigenvalue weighted by molar-refractivity contribution is 0.271. The van der Waals surface area contributed by atoms with E-state index in [0.717, 1.165) is 23.9 Å². The lowest BCUT2D eigenvalue weighted by Gasteiger charge is -2.18. The van der Waals surface area contributed by atoms with Crippen molar-refractivity contribution in [3.63, 3.8) is 0 Å². The monoisotopic (exact) mass is 252 g/mol. The van der Waals surface area contributed by atoms with Gasteiger partial charge in [0, 0.05) is 50.7 Å². The maximum Gasteiger partial charge on any atom is 0.222 e. The number of hydrogen-bond acceptors (Lipinski definition) is 4. The first kappa shape index (κ1) is 11.4. The van der Waals surface area contributed by atoms with E-state index in [0.29, 0.717) is 5.28 Å². The van der Waals surface area contributed by atoms with Crippen molar-refractivity contribution in [3.05, 3.63) is 23.2 Å². The second-order valence-corrected chi connectivity index (χ2v) is 5.63. The lowest BCUT2D eigenvalue weighted by atomic mass is 10.0. The highest BCUT2D eigenvalue weighted by Gasteiger charge is 2.38. The van der Waals surface area contributed by atoms with Crippen molar-refractivity contribution >= 4 is 11.6 Å². The predicted octanol–water partition coefficient (Wildman–Crippen LogP) is 1.12. The van der Waals surface area contributed by atoms with Crippen LogP contribution >= 0.6 is 11.6 Å². The van der Waals surface area contributed by atoms with Gasteiger partial charge < -0.3 is 4.90 Å². The summed E-state index contributed by atoms with van der Waals surface area (Å²) in [5.74, 6) is 1.71. The van der Waals surface area contributed by atoms with Crippen LogP contribution in [0.2, 0.25) is 5.28 Å². The van der Waals surface area contributed by atoms with E-state index >= 15 is 0 Å². The Bertz CT molecular complexity index is 380. The fourth-order valence-corrected chi connectivity index (χ4v) is 3.23. The molecular weight excluding hydrogens is 236 g/mol. The summed E-state index contributed by atoms with van der Waals surface area (Å²) in [7, 11) is 2.22. The molecule has 0 N–H and O–H groups in total. The molecule has 2 saturated heterocycles. The van der Waals surface area contributed by atoms with Gasteiger partial charge in [0.1, 0.15) is 0 Å². The Hall–Kier alpha value is -0.710. The molecular formula is C12H17ClN4. The highest BCUT2D eigenvalue weighted by Crippen LogP contribution is 2.30. The van der Waals surface area contributed by atoms with E-state index in [1.165, 1.54) is 26.2 Å². The minimum absolute atomic E-state index is 0.327. The molecule has 5 heteroatoms. The van der Waals surface area contributed by atoms with Crippen LogP contribution in [0.25, 0.3) is 0 Å². The third kappa shape index (κ3) is 2.44. The van der Waals surface area contributed by atoms with E-state index in [-0.39, 0.29) is 0 Å². The Morgan fingerprint density at radius 2 is 1.76 bits per heavy atom. The normalized spacial score (nSPS) is 29.8. The lowest BCUT2D eigenvalue weighted by Crippen LogP contribution is -2.26. The highest BCUT2D eigenvalue weighted by atomic mass is 35.5. The van der Waals surface area contributed by atoms with E-state index in [9.17, 15) is 0 Å². The standard InChI is InChI=1S/C12H17ClN4/c1-16-5-10-7-17(8-11(10)6-16)4-9-2-14-12(13)15-3-9/h2-3,10-11H,4-8H2,1H3/t10-,11+. The minimum atomic E-state index is 0.327. The Balaban J connectivity index is 1.60. The highest BCUT2D eigenvalue weighted by molar-refractivity contribution is 6.28. The van der Waals surface area contributed by atoms with Crippen LogP contribution in [0.5, 0.6) is 0 Å². The molecule has 3 rings (SSSR count). The van der Waals surface area contributed by atoms with Gasteiger partial charge in [0.15, 0.2) is 0 Å². The Kier molecular flexibility index (Phi) is 3.03. The zero-order valence-electron chi connectivity index (χ0n) is 10.0. The summed E-state index contributed by atoms with van der Waals surface area (Å²) in [6.07, 6.45) is 3.66. The summed E-state index contributed by atoms with van der Waals surface area (Å²) in [5, 5.41) is 0.327. The van der Waals surface area contributed by atoms with Gasteiger partial charge in [0.05, 0.1) is 0 Å². The van der Waals surface area contributed by atoms with Crippen molar-refractivity contribution in [2.45, 2.75) is 6.54 Å². The fraction of sp³-hybridized carbons (Fsp3) is 0.667. The molecule has 2 aliphatic rings. The van der Waals surface area contributed by atoms with E-state index < -0.39 is 0 Å². The summed E-state index contributed by atoms with van der Waals surface area (Å²) in [5.41, 5.74) is 1.16. The van der Waals surface area contributed by atoms with E-state index in [1.807, 2.05) is 12.4 Å². The molecule has 0 aliphatic carbocycles. The van der Waals surface area contributed by atoms with Gasteiger partial charge in [-0.1, -0.05) is 0 Å². The Labute approximate surface area is 107 Å². The van der Waals surface area contributed by atoms with Crippen molar-refractivity contribution in [2.24, 2.45) is 11.8 Å². The molecule has 0 amide bonds. The summed E-state index contributed by atoms with van der Waals surface area (Å²) >= 11 is 5.68. The smallest absolute Gasteiger partial charge is 0.222 e. The molecule has 4 nitrogen and oxygen atoms in total. The molecule has 0 bridgehead atoms. The number of aromatic nitrogens is 2. The van der Waals surface area contributed by atoms with Crippen LogP contribution in [0.3, 0.4) is 0 Å². The van der Waals surface area contributed by atoms with Gasteiger partial charge in [-0.3, -0.25) is 4.90 Å². The van der Waals surface area contributed by atoms with E-state index in [2.05, 4.69) is 26.8 Å². The van der Waals surface area contributed by atoms with Crippen molar-refractivity contribution in [1.82, 2.24) is 19.8 Å². The van der Waals surface area contributed by atoms with Crippen LogP contribution in [0.1, 0.15) is 5.56 Å². The molecule has 0 radical (unpaired) electrons. The van der Waals surface area contributed by atoms with Crippen molar-refractivity contribution in [3.8, 4) is 0 Å².